The molecule has 0 radical (unpaired) electrons. The van der Waals surface area contributed by atoms with Crippen molar-refractivity contribution >= 4 is 28.2 Å². The number of piperidine rings is 1. The topological polar surface area (TPSA) is 75.3 Å². The van der Waals surface area contributed by atoms with Crippen LogP contribution in [0.3, 0.4) is 0 Å². The summed E-state index contributed by atoms with van der Waals surface area (Å²) < 4.78 is 23.4. The lowest BCUT2D eigenvalue weighted by Gasteiger charge is -2.22. The van der Waals surface area contributed by atoms with Crippen LogP contribution in [-0.2, 0) is 9.84 Å². The van der Waals surface area contributed by atoms with Gasteiger partial charge in [0.25, 0.3) is 5.91 Å². The van der Waals surface area contributed by atoms with Gasteiger partial charge in [0.2, 0.25) is 0 Å². The van der Waals surface area contributed by atoms with E-state index in [9.17, 15) is 13.2 Å². The van der Waals surface area contributed by atoms with Crippen molar-refractivity contribution in [1.29, 1.82) is 0 Å². The molecule has 1 aromatic rings. The van der Waals surface area contributed by atoms with Crippen LogP contribution in [0.1, 0.15) is 29.6 Å². The molecule has 0 bridgehead atoms. The lowest BCUT2D eigenvalue weighted by atomic mass is 9.96. The second kappa shape index (κ2) is 8.50. The van der Waals surface area contributed by atoms with Crippen LogP contribution in [0.4, 0.5) is 0 Å². The monoisotopic (exact) mass is 346 g/mol. The lowest BCUT2D eigenvalue weighted by Crippen LogP contribution is -2.33. The van der Waals surface area contributed by atoms with Gasteiger partial charge in [0.1, 0.15) is 0 Å². The largest absolute Gasteiger partial charge is 0.352 e. The summed E-state index contributed by atoms with van der Waals surface area (Å²) in [6, 6.07) is 6.32. The Balaban J connectivity index is 0.00000242. The highest BCUT2D eigenvalue weighted by Gasteiger charge is 2.18. The average molecular weight is 347 g/mol. The van der Waals surface area contributed by atoms with E-state index in [1.165, 1.54) is 18.9 Å². The van der Waals surface area contributed by atoms with Crippen LogP contribution in [0.25, 0.3) is 0 Å². The summed E-state index contributed by atoms with van der Waals surface area (Å²) in [6.07, 6.45) is 4.39. The molecule has 0 saturated carbocycles. The molecule has 1 aliphatic heterocycles. The first-order valence-corrected chi connectivity index (χ1v) is 9.15. The lowest BCUT2D eigenvalue weighted by molar-refractivity contribution is 0.0947. The molecule has 0 spiro atoms. The number of sulfone groups is 1. The molecule has 1 aromatic carbocycles. The first kappa shape index (κ1) is 18.9. The minimum Gasteiger partial charge on any atom is -0.352 e. The normalized spacial score (nSPS) is 18.3. The number of halogens is 1. The van der Waals surface area contributed by atoms with Crippen molar-refractivity contribution in [2.45, 2.75) is 24.2 Å². The number of rotatable bonds is 5. The summed E-state index contributed by atoms with van der Waals surface area (Å²) in [7, 11) is -3.39. The number of carbonyl (C=O) groups is 1. The van der Waals surface area contributed by atoms with Gasteiger partial charge in [-0.3, -0.25) is 4.79 Å². The van der Waals surface area contributed by atoms with Crippen LogP contribution in [0.5, 0.6) is 0 Å². The van der Waals surface area contributed by atoms with Crippen LogP contribution in [0.15, 0.2) is 29.2 Å². The second-order valence-corrected chi connectivity index (χ2v) is 7.51. The highest BCUT2D eigenvalue weighted by atomic mass is 35.5. The van der Waals surface area contributed by atoms with Crippen LogP contribution >= 0.6 is 12.4 Å². The summed E-state index contributed by atoms with van der Waals surface area (Å²) in [5.74, 6) is 0.268. The third kappa shape index (κ3) is 5.26. The van der Waals surface area contributed by atoms with Gasteiger partial charge in [-0.25, -0.2) is 8.42 Å². The van der Waals surface area contributed by atoms with Gasteiger partial charge in [-0.1, -0.05) is 12.1 Å². The number of hydrogen-bond donors (Lipinski definition) is 2. The van der Waals surface area contributed by atoms with E-state index < -0.39 is 9.84 Å². The Morgan fingerprint density at radius 1 is 1.36 bits per heavy atom. The van der Waals surface area contributed by atoms with Crippen molar-refractivity contribution < 1.29 is 13.2 Å². The second-order valence-electron chi connectivity index (χ2n) is 5.53. The van der Waals surface area contributed by atoms with E-state index >= 15 is 0 Å². The first-order chi connectivity index (χ1) is 9.98. The quantitative estimate of drug-likeness (QED) is 0.849. The number of amides is 1. The fourth-order valence-electron chi connectivity index (χ4n) is 2.63. The molecule has 1 amide bonds. The van der Waals surface area contributed by atoms with Gasteiger partial charge >= 0.3 is 0 Å². The average Bonchev–Trinajstić information content (AvgIpc) is 2.47. The maximum absolute atomic E-state index is 12.2. The molecule has 1 saturated heterocycles. The van der Waals surface area contributed by atoms with E-state index in [1.54, 1.807) is 18.2 Å². The molecule has 1 fully saturated rings. The van der Waals surface area contributed by atoms with Gasteiger partial charge in [0.05, 0.1) is 10.5 Å². The fourth-order valence-corrected chi connectivity index (χ4v) is 3.52. The summed E-state index contributed by atoms with van der Waals surface area (Å²) in [5, 5.41) is 6.17. The molecule has 2 rings (SSSR count). The van der Waals surface area contributed by atoms with Gasteiger partial charge in [-0.05, 0) is 50.4 Å². The van der Waals surface area contributed by atoms with E-state index in [0.717, 1.165) is 25.8 Å². The van der Waals surface area contributed by atoms with Gasteiger partial charge in [-0.2, -0.15) is 0 Å². The van der Waals surface area contributed by atoms with Crippen LogP contribution in [0.2, 0.25) is 0 Å². The van der Waals surface area contributed by atoms with Crippen molar-refractivity contribution in [2.24, 2.45) is 5.92 Å². The van der Waals surface area contributed by atoms with Gasteiger partial charge in [0.15, 0.2) is 9.84 Å². The number of benzene rings is 1. The van der Waals surface area contributed by atoms with Crippen LogP contribution < -0.4 is 10.6 Å². The van der Waals surface area contributed by atoms with Gasteiger partial charge in [0, 0.05) is 12.8 Å². The predicted octanol–water partition coefficient (Wildman–Crippen LogP) is 1.63. The minimum atomic E-state index is -3.39. The van der Waals surface area contributed by atoms with Crippen molar-refractivity contribution in [2.75, 3.05) is 25.9 Å². The number of nitrogens with one attached hydrogen (secondary N) is 2. The Hall–Kier alpha value is -1.11. The van der Waals surface area contributed by atoms with Gasteiger partial charge < -0.3 is 10.6 Å². The molecule has 124 valence electrons. The maximum atomic E-state index is 12.2. The first-order valence-electron chi connectivity index (χ1n) is 7.26. The number of carbonyl (C=O) groups excluding carboxylic acids is 1. The predicted molar refractivity (Wildman–Crippen MR) is 89.3 cm³/mol. The summed E-state index contributed by atoms with van der Waals surface area (Å²) in [6.45, 7) is 2.64. The summed E-state index contributed by atoms with van der Waals surface area (Å²) >= 11 is 0. The molecule has 22 heavy (non-hydrogen) atoms. The molecule has 1 aliphatic rings. The molecule has 0 aromatic heterocycles. The van der Waals surface area contributed by atoms with E-state index in [1.807, 2.05) is 0 Å². The van der Waals surface area contributed by atoms with Crippen LogP contribution in [0, 0.1) is 5.92 Å². The zero-order valence-electron chi connectivity index (χ0n) is 12.7. The Kier molecular flexibility index (Phi) is 7.32. The number of hydrogen-bond acceptors (Lipinski definition) is 4. The summed E-state index contributed by atoms with van der Waals surface area (Å²) in [4.78, 5) is 12.2. The standard InChI is InChI=1S/C15H22N2O3S.ClH/c1-21(19,20)14-7-3-2-6-13(14)15(18)17-10-8-12-5-4-9-16-11-12;/h2-3,6-7,12,16H,4-5,8-11H2,1H3,(H,17,18);1H. The summed E-state index contributed by atoms with van der Waals surface area (Å²) in [5.41, 5.74) is 0.224. The third-order valence-electron chi connectivity index (χ3n) is 3.77. The van der Waals surface area contributed by atoms with Crippen molar-refractivity contribution in [3.05, 3.63) is 29.8 Å². The molecule has 2 N–H and O–H groups in total. The zero-order valence-corrected chi connectivity index (χ0v) is 14.3. The van der Waals surface area contributed by atoms with E-state index in [4.69, 9.17) is 0 Å². The molecule has 1 heterocycles. The zero-order chi connectivity index (χ0) is 15.3. The van der Waals surface area contributed by atoms with Crippen molar-refractivity contribution in [3.63, 3.8) is 0 Å². The molecule has 1 unspecified atom stereocenters. The highest BCUT2D eigenvalue weighted by molar-refractivity contribution is 7.90. The Labute approximate surface area is 138 Å². The van der Waals surface area contributed by atoms with E-state index in [0.29, 0.717) is 12.5 Å². The Morgan fingerprint density at radius 2 is 2.09 bits per heavy atom. The SMILES string of the molecule is CS(=O)(=O)c1ccccc1C(=O)NCCC1CCCNC1.Cl. The van der Waals surface area contributed by atoms with E-state index in [2.05, 4.69) is 10.6 Å². The maximum Gasteiger partial charge on any atom is 0.252 e. The van der Waals surface area contributed by atoms with Crippen molar-refractivity contribution in [1.82, 2.24) is 10.6 Å². The minimum absolute atomic E-state index is 0. The third-order valence-corrected chi connectivity index (χ3v) is 4.92. The van der Waals surface area contributed by atoms with Crippen molar-refractivity contribution in [3.8, 4) is 0 Å². The highest BCUT2D eigenvalue weighted by Crippen LogP contribution is 2.16. The molecular formula is C15H23ClN2O3S. The Bertz CT molecular complexity index is 599. The molecular weight excluding hydrogens is 324 g/mol. The smallest absolute Gasteiger partial charge is 0.252 e. The fraction of sp³-hybridized carbons (Fsp3) is 0.533. The molecule has 1 atom stereocenters. The molecule has 7 heteroatoms. The molecule has 5 nitrogen and oxygen atoms in total. The van der Waals surface area contributed by atoms with E-state index in [-0.39, 0.29) is 28.8 Å². The Morgan fingerprint density at radius 3 is 2.73 bits per heavy atom. The van der Waals surface area contributed by atoms with Crippen LogP contribution in [-0.4, -0.2) is 40.2 Å². The molecule has 0 aliphatic carbocycles. The van der Waals surface area contributed by atoms with Gasteiger partial charge in [-0.15, -0.1) is 12.4 Å².